The van der Waals surface area contributed by atoms with E-state index in [1.165, 1.54) is 17.5 Å². The third-order valence-electron chi connectivity index (χ3n) is 3.81. The van der Waals surface area contributed by atoms with E-state index >= 15 is 0 Å². The van der Waals surface area contributed by atoms with Gasteiger partial charge in [-0.25, -0.2) is 0 Å². The highest BCUT2D eigenvalue weighted by atomic mass is 16.5. The second kappa shape index (κ2) is 6.32. The Bertz CT molecular complexity index is 381. The summed E-state index contributed by atoms with van der Waals surface area (Å²) in [6.07, 6.45) is 1.22. The molecule has 3 heteroatoms. The second-order valence-corrected chi connectivity index (χ2v) is 5.27. The van der Waals surface area contributed by atoms with Crippen LogP contribution >= 0.6 is 0 Å². The molecule has 0 spiro atoms. The lowest BCUT2D eigenvalue weighted by atomic mass is 10.0. The summed E-state index contributed by atoms with van der Waals surface area (Å²) in [5.41, 5.74) is 8.63. The first-order chi connectivity index (χ1) is 8.74. The van der Waals surface area contributed by atoms with E-state index in [4.69, 9.17) is 10.5 Å². The van der Waals surface area contributed by atoms with Crippen LogP contribution in [0, 0.1) is 12.8 Å². The van der Waals surface area contributed by atoms with Crippen molar-refractivity contribution >= 4 is 0 Å². The minimum absolute atomic E-state index is 0.353. The Morgan fingerprint density at radius 3 is 3.00 bits per heavy atom. The molecule has 0 radical (unpaired) electrons. The Labute approximate surface area is 110 Å². The highest BCUT2D eigenvalue weighted by molar-refractivity contribution is 5.25. The molecule has 0 bridgehead atoms. The summed E-state index contributed by atoms with van der Waals surface area (Å²) in [6, 6.07) is 9.05. The molecule has 2 atom stereocenters. The maximum atomic E-state index is 5.98. The summed E-state index contributed by atoms with van der Waals surface area (Å²) in [4.78, 5) is 2.50. The minimum Gasteiger partial charge on any atom is -0.384 e. The summed E-state index contributed by atoms with van der Waals surface area (Å²) in [6.45, 7) is 5.91. The van der Waals surface area contributed by atoms with E-state index in [2.05, 4.69) is 36.1 Å². The van der Waals surface area contributed by atoms with E-state index in [1.54, 1.807) is 7.11 Å². The van der Waals surface area contributed by atoms with Crippen LogP contribution in [0.25, 0.3) is 0 Å². The van der Waals surface area contributed by atoms with E-state index in [0.29, 0.717) is 18.5 Å². The summed E-state index contributed by atoms with van der Waals surface area (Å²) < 4.78 is 5.25. The Morgan fingerprint density at radius 2 is 2.33 bits per heavy atom. The highest BCUT2D eigenvalue weighted by Crippen LogP contribution is 2.27. The fraction of sp³-hybridized carbons (Fsp3) is 0.600. The summed E-state index contributed by atoms with van der Waals surface area (Å²) >= 11 is 0. The van der Waals surface area contributed by atoms with Crippen molar-refractivity contribution in [2.24, 2.45) is 11.7 Å². The van der Waals surface area contributed by atoms with Gasteiger partial charge in [0, 0.05) is 26.2 Å². The zero-order valence-electron chi connectivity index (χ0n) is 11.4. The van der Waals surface area contributed by atoms with Gasteiger partial charge in [-0.2, -0.15) is 0 Å². The predicted octanol–water partition coefficient (Wildman–Crippen LogP) is 1.96. The lowest BCUT2D eigenvalue weighted by Crippen LogP contribution is -2.32. The molecule has 0 saturated carbocycles. The number of ether oxygens (including phenoxy) is 1. The van der Waals surface area contributed by atoms with Gasteiger partial charge in [0.1, 0.15) is 0 Å². The summed E-state index contributed by atoms with van der Waals surface area (Å²) in [7, 11) is 1.78. The van der Waals surface area contributed by atoms with Gasteiger partial charge in [-0.3, -0.25) is 4.90 Å². The van der Waals surface area contributed by atoms with E-state index in [9.17, 15) is 0 Å². The van der Waals surface area contributed by atoms with Crippen molar-refractivity contribution in [3.8, 4) is 0 Å². The van der Waals surface area contributed by atoms with E-state index in [1.807, 2.05) is 0 Å². The standard InChI is InChI=1S/C15H24N2O/c1-12-4-3-5-14(8-12)15(9-16)17-7-6-13(10-17)11-18-2/h3-5,8,13,15H,6-7,9-11,16H2,1-2H3. The van der Waals surface area contributed by atoms with Crippen LogP contribution in [0.3, 0.4) is 0 Å². The summed E-state index contributed by atoms with van der Waals surface area (Å²) in [5.74, 6) is 0.661. The van der Waals surface area contributed by atoms with Crippen LogP contribution in [-0.2, 0) is 4.74 Å². The summed E-state index contributed by atoms with van der Waals surface area (Å²) in [5, 5.41) is 0. The van der Waals surface area contributed by atoms with Crippen molar-refractivity contribution in [1.82, 2.24) is 4.90 Å². The molecule has 2 N–H and O–H groups in total. The van der Waals surface area contributed by atoms with E-state index in [0.717, 1.165) is 19.7 Å². The molecule has 0 amide bonds. The Hall–Kier alpha value is -0.900. The quantitative estimate of drug-likeness (QED) is 0.865. The SMILES string of the molecule is COCC1CCN(C(CN)c2cccc(C)c2)C1. The van der Waals surface area contributed by atoms with E-state index < -0.39 is 0 Å². The Kier molecular flexibility index (Phi) is 4.75. The molecule has 3 nitrogen and oxygen atoms in total. The van der Waals surface area contributed by atoms with E-state index in [-0.39, 0.29) is 0 Å². The first-order valence-corrected chi connectivity index (χ1v) is 6.74. The van der Waals surface area contributed by atoms with Crippen LogP contribution in [0.15, 0.2) is 24.3 Å². The fourth-order valence-electron chi connectivity index (χ4n) is 2.89. The molecule has 0 aromatic heterocycles. The van der Waals surface area contributed by atoms with Crippen LogP contribution in [-0.4, -0.2) is 38.3 Å². The number of likely N-dealkylation sites (tertiary alicyclic amines) is 1. The maximum absolute atomic E-state index is 5.98. The van der Waals surface area contributed by atoms with Crippen molar-refractivity contribution in [1.29, 1.82) is 0 Å². The zero-order chi connectivity index (χ0) is 13.0. The molecule has 0 aliphatic carbocycles. The molecule has 1 aliphatic heterocycles. The van der Waals surface area contributed by atoms with Gasteiger partial charge < -0.3 is 10.5 Å². The van der Waals surface area contributed by atoms with Crippen LogP contribution in [0.1, 0.15) is 23.6 Å². The zero-order valence-corrected chi connectivity index (χ0v) is 11.4. The smallest absolute Gasteiger partial charge is 0.0503 e. The van der Waals surface area contributed by atoms with Crippen molar-refractivity contribution in [2.75, 3.05) is 33.4 Å². The molecular formula is C15H24N2O. The van der Waals surface area contributed by atoms with Gasteiger partial charge in [-0.1, -0.05) is 29.8 Å². The highest BCUT2D eigenvalue weighted by Gasteiger charge is 2.28. The van der Waals surface area contributed by atoms with Crippen molar-refractivity contribution < 1.29 is 4.74 Å². The van der Waals surface area contributed by atoms with Gasteiger partial charge in [0.25, 0.3) is 0 Å². The van der Waals surface area contributed by atoms with Gasteiger partial charge in [-0.15, -0.1) is 0 Å². The number of nitrogens with zero attached hydrogens (tertiary/aromatic N) is 1. The molecule has 1 aromatic carbocycles. The largest absolute Gasteiger partial charge is 0.384 e. The molecule has 1 aliphatic rings. The predicted molar refractivity (Wildman–Crippen MR) is 74.5 cm³/mol. The number of hydrogen-bond acceptors (Lipinski definition) is 3. The minimum atomic E-state index is 0.353. The monoisotopic (exact) mass is 248 g/mol. The lowest BCUT2D eigenvalue weighted by Gasteiger charge is -2.27. The van der Waals surface area contributed by atoms with Crippen molar-refractivity contribution in [3.05, 3.63) is 35.4 Å². The fourth-order valence-corrected chi connectivity index (χ4v) is 2.89. The van der Waals surface area contributed by atoms with Gasteiger partial charge in [0.05, 0.1) is 6.61 Å². The first-order valence-electron chi connectivity index (χ1n) is 6.74. The average molecular weight is 248 g/mol. The number of hydrogen-bond donors (Lipinski definition) is 1. The third-order valence-corrected chi connectivity index (χ3v) is 3.81. The van der Waals surface area contributed by atoms with Gasteiger partial charge in [0.2, 0.25) is 0 Å². The van der Waals surface area contributed by atoms with Crippen LogP contribution in [0.2, 0.25) is 0 Å². The molecule has 100 valence electrons. The molecule has 1 saturated heterocycles. The normalized spacial score (nSPS) is 22.3. The molecular weight excluding hydrogens is 224 g/mol. The number of aryl methyl sites for hydroxylation is 1. The Balaban J connectivity index is 2.06. The Morgan fingerprint density at radius 1 is 1.50 bits per heavy atom. The second-order valence-electron chi connectivity index (χ2n) is 5.27. The maximum Gasteiger partial charge on any atom is 0.0503 e. The molecule has 1 aromatic rings. The third kappa shape index (κ3) is 3.10. The molecule has 2 rings (SSSR count). The molecule has 1 fully saturated rings. The number of benzene rings is 1. The number of rotatable bonds is 5. The van der Waals surface area contributed by atoms with Crippen molar-refractivity contribution in [3.63, 3.8) is 0 Å². The van der Waals surface area contributed by atoms with Gasteiger partial charge in [-0.05, 0) is 31.4 Å². The first kappa shape index (κ1) is 13.5. The van der Waals surface area contributed by atoms with Gasteiger partial charge in [0.15, 0.2) is 0 Å². The van der Waals surface area contributed by atoms with Crippen LogP contribution < -0.4 is 5.73 Å². The average Bonchev–Trinajstić information content (AvgIpc) is 2.79. The molecule has 1 heterocycles. The van der Waals surface area contributed by atoms with Crippen LogP contribution in [0.4, 0.5) is 0 Å². The van der Waals surface area contributed by atoms with Gasteiger partial charge >= 0.3 is 0 Å². The number of nitrogens with two attached hydrogens (primary N) is 1. The number of methoxy groups -OCH3 is 1. The molecule has 2 unspecified atom stereocenters. The lowest BCUT2D eigenvalue weighted by molar-refractivity contribution is 0.147. The topological polar surface area (TPSA) is 38.5 Å². The van der Waals surface area contributed by atoms with Crippen LogP contribution in [0.5, 0.6) is 0 Å². The van der Waals surface area contributed by atoms with Crippen molar-refractivity contribution in [2.45, 2.75) is 19.4 Å². The molecule has 18 heavy (non-hydrogen) atoms.